The maximum atomic E-state index is 12.2. The lowest BCUT2D eigenvalue weighted by Gasteiger charge is -2.04. The average molecular weight is 333 g/mol. The van der Waals surface area contributed by atoms with Crippen molar-refractivity contribution in [2.24, 2.45) is 0 Å². The molecule has 1 amide bonds. The van der Waals surface area contributed by atoms with Gasteiger partial charge in [0.15, 0.2) is 5.69 Å². The van der Waals surface area contributed by atoms with Crippen molar-refractivity contribution in [3.8, 4) is 5.69 Å². The Balaban J connectivity index is 1.78. The summed E-state index contributed by atoms with van der Waals surface area (Å²) in [5.41, 5.74) is 1.51. The van der Waals surface area contributed by atoms with Crippen molar-refractivity contribution < 1.29 is 4.79 Å². The summed E-state index contributed by atoms with van der Waals surface area (Å²) in [6.07, 6.45) is 1.40. The number of benzene rings is 2. The lowest BCUT2D eigenvalue weighted by molar-refractivity contribution is 0.102. The van der Waals surface area contributed by atoms with Crippen molar-refractivity contribution in [1.82, 2.24) is 15.0 Å². The first-order valence-electron chi connectivity index (χ1n) is 6.37. The molecule has 0 radical (unpaired) electrons. The maximum Gasteiger partial charge on any atom is 0.277 e. The van der Waals surface area contributed by atoms with Gasteiger partial charge in [-0.3, -0.25) is 4.79 Å². The highest BCUT2D eigenvalue weighted by molar-refractivity contribution is 6.42. The van der Waals surface area contributed by atoms with Crippen LogP contribution in [-0.4, -0.2) is 20.9 Å². The van der Waals surface area contributed by atoms with Crippen LogP contribution in [0.25, 0.3) is 5.69 Å². The van der Waals surface area contributed by atoms with Crippen LogP contribution < -0.4 is 5.32 Å². The van der Waals surface area contributed by atoms with Gasteiger partial charge in [0.05, 0.1) is 21.9 Å². The summed E-state index contributed by atoms with van der Waals surface area (Å²) in [6.45, 7) is 0. The van der Waals surface area contributed by atoms with E-state index in [1.54, 1.807) is 18.2 Å². The molecule has 0 atom stereocenters. The molecule has 0 fully saturated rings. The normalized spacial score (nSPS) is 10.5. The summed E-state index contributed by atoms with van der Waals surface area (Å²) in [4.78, 5) is 13.5. The molecule has 0 aliphatic carbocycles. The van der Waals surface area contributed by atoms with E-state index in [0.29, 0.717) is 15.7 Å². The summed E-state index contributed by atoms with van der Waals surface area (Å²) >= 11 is 11.7. The van der Waals surface area contributed by atoms with Crippen molar-refractivity contribution >= 4 is 34.8 Å². The second-order valence-corrected chi connectivity index (χ2v) is 5.25. The van der Waals surface area contributed by atoms with Gasteiger partial charge < -0.3 is 5.32 Å². The Morgan fingerprint density at radius 1 is 1.05 bits per heavy atom. The van der Waals surface area contributed by atoms with E-state index in [0.717, 1.165) is 5.69 Å². The number of aromatic nitrogens is 3. The van der Waals surface area contributed by atoms with Crippen LogP contribution in [0.5, 0.6) is 0 Å². The topological polar surface area (TPSA) is 59.8 Å². The highest BCUT2D eigenvalue weighted by atomic mass is 35.5. The van der Waals surface area contributed by atoms with Crippen molar-refractivity contribution in [2.75, 3.05) is 5.32 Å². The third kappa shape index (κ3) is 3.10. The first-order chi connectivity index (χ1) is 10.6. The van der Waals surface area contributed by atoms with Gasteiger partial charge in [-0.2, -0.15) is 9.90 Å². The summed E-state index contributed by atoms with van der Waals surface area (Å²) in [6, 6.07) is 14.2. The highest BCUT2D eigenvalue weighted by Gasteiger charge is 2.12. The predicted molar refractivity (Wildman–Crippen MR) is 85.8 cm³/mol. The van der Waals surface area contributed by atoms with Gasteiger partial charge in [0.1, 0.15) is 0 Å². The number of anilines is 1. The molecule has 0 saturated carbocycles. The van der Waals surface area contributed by atoms with Gasteiger partial charge in [0.25, 0.3) is 5.91 Å². The van der Waals surface area contributed by atoms with Crippen molar-refractivity contribution in [3.05, 3.63) is 70.5 Å². The summed E-state index contributed by atoms with van der Waals surface area (Å²) in [7, 11) is 0. The number of hydrogen-bond acceptors (Lipinski definition) is 3. The maximum absolute atomic E-state index is 12.2. The van der Waals surface area contributed by atoms with Crippen LogP contribution in [0.4, 0.5) is 5.69 Å². The van der Waals surface area contributed by atoms with Gasteiger partial charge >= 0.3 is 0 Å². The molecule has 1 N–H and O–H groups in total. The van der Waals surface area contributed by atoms with E-state index in [2.05, 4.69) is 15.5 Å². The molecule has 0 aliphatic rings. The number of nitrogens with one attached hydrogen (secondary N) is 1. The highest BCUT2D eigenvalue weighted by Crippen LogP contribution is 2.25. The number of rotatable bonds is 3. The third-order valence-electron chi connectivity index (χ3n) is 2.89. The molecule has 0 unspecified atom stereocenters. The molecule has 110 valence electrons. The van der Waals surface area contributed by atoms with Gasteiger partial charge in [-0.05, 0) is 30.3 Å². The largest absolute Gasteiger partial charge is 0.320 e. The molecule has 5 nitrogen and oxygen atoms in total. The first-order valence-corrected chi connectivity index (χ1v) is 7.13. The standard InChI is InChI=1S/C15H10Cl2N4O/c16-12-7-6-10(8-13(12)17)19-15(22)14-9-18-21(20-14)11-4-2-1-3-5-11/h1-9H,(H,19,22). The predicted octanol–water partition coefficient (Wildman–Crippen LogP) is 3.83. The minimum atomic E-state index is -0.374. The van der Waals surface area contributed by atoms with Crippen molar-refractivity contribution in [2.45, 2.75) is 0 Å². The molecule has 3 rings (SSSR count). The molecule has 1 heterocycles. The fraction of sp³-hybridized carbons (Fsp3) is 0. The van der Waals surface area contributed by atoms with E-state index in [-0.39, 0.29) is 11.6 Å². The Hall–Kier alpha value is -2.37. The van der Waals surface area contributed by atoms with Crippen LogP contribution in [0.2, 0.25) is 10.0 Å². The van der Waals surface area contributed by atoms with E-state index in [9.17, 15) is 4.79 Å². The van der Waals surface area contributed by atoms with E-state index in [1.165, 1.54) is 11.0 Å². The number of nitrogens with zero attached hydrogens (tertiary/aromatic N) is 3. The fourth-order valence-corrected chi connectivity index (χ4v) is 2.12. The molecule has 0 aliphatic heterocycles. The number of halogens is 2. The van der Waals surface area contributed by atoms with Gasteiger partial charge in [-0.1, -0.05) is 41.4 Å². The van der Waals surface area contributed by atoms with Crippen molar-refractivity contribution in [3.63, 3.8) is 0 Å². The zero-order valence-corrected chi connectivity index (χ0v) is 12.7. The zero-order chi connectivity index (χ0) is 15.5. The molecule has 0 bridgehead atoms. The third-order valence-corrected chi connectivity index (χ3v) is 3.63. The van der Waals surface area contributed by atoms with E-state index in [4.69, 9.17) is 23.2 Å². The van der Waals surface area contributed by atoms with Gasteiger partial charge in [0, 0.05) is 5.69 Å². The molecule has 1 aromatic heterocycles. The second kappa shape index (κ2) is 6.17. The number of carbonyl (C=O) groups is 1. The van der Waals surface area contributed by atoms with Gasteiger partial charge in [0.2, 0.25) is 0 Å². The van der Waals surface area contributed by atoms with Crippen LogP contribution in [0.15, 0.2) is 54.7 Å². The molecular formula is C15H10Cl2N4O. The Bertz CT molecular complexity index is 817. The Morgan fingerprint density at radius 3 is 2.55 bits per heavy atom. The zero-order valence-electron chi connectivity index (χ0n) is 11.2. The van der Waals surface area contributed by atoms with Crippen LogP contribution in [0, 0.1) is 0 Å². The number of para-hydroxylation sites is 1. The molecule has 0 saturated heterocycles. The van der Waals surface area contributed by atoms with Gasteiger partial charge in [-0.25, -0.2) is 0 Å². The Morgan fingerprint density at radius 2 is 1.82 bits per heavy atom. The van der Waals surface area contributed by atoms with Crippen LogP contribution >= 0.6 is 23.2 Å². The molecule has 0 spiro atoms. The minimum absolute atomic E-state index is 0.204. The molecule has 22 heavy (non-hydrogen) atoms. The number of amides is 1. The molecule has 7 heteroatoms. The smallest absolute Gasteiger partial charge is 0.277 e. The van der Waals surface area contributed by atoms with Crippen molar-refractivity contribution in [1.29, 1.82) is 0 Å². The monoisotopic (exact) mass is 332 g/mol. The second-order valence-electron chi connectivity index (χ2n) is 4.44. The number of hydrogen-bond donors (Lipinski definition) is 1. The quantitative estimate of drug-likeness (QED) is 0.792. The summed E-state index contributed by atoms with van der Waals surface area (Å²) in [5, 5.41) is 11.7. The molecule has 2 aromatic carbocycles. The first kappa shape index (κ1) is 14.6. The molecule has 3 aromatic rings. The van der Waals surface area contributed by atoms with E-state index in [1.807, 2.05) is 30.3 Å². The van der Waals surface area contributed by atoms with E-state index >= 15 is 0 Å². The SMILES string of the molecule is O=C(Nc1ccc(Cl)c(Cl)c1)c1cnn(-c2ccccc2)n1. The van der Waals surface area contributed by atoms with E-state index < -0.39 is 0 Å². The van der Waals surface area contributed by atoms with Crippen LogP contribution in [0.1, 0.15) is 10.5 Å². The average Bonchev–Trinajstić information content (AvgIpc) is 3.02. The van der Waals surface area contributed by atoms with Gasteiger partial charge in [-0.15, -0.1) is 5.10 Å². The number of carbonyl (C=O) groups excluding carboxylic acids is 1. The minimum Gasteiger partial charge on any atom is -0.320 e. The lowest BCUT2D eigenvalue weighted by Crippen LogP contribution is -2.13. The summed E-state index contributed by atoms with van der Waals surface area (Å²) in [5.74, 6) is -0.374. The van der Waals surface area contributed by atoms with Crippen LogP contribution in [-0.2, 0) is 0 Å². The molecular weight excluding hydrogens is 323 g/mol. The Kier molecular flexibility index (Phi) is 4.09. The summed E-state index contributed by atoms with van der Waals surface area (Å²) < 4.78 is 0. The lowest BCUT2D eigenvalue weighted by atomic mass is 10.3. The fourth-order valence-electron chi connectivity index (χ4n) is 1.82. The Labute approximate surface area is 136 Å². The van der Waals surface area contributed by atoms with Crippen LogP contribution in [0.3, 0.4) is 0 Å².